The van der Waals surface area contributed by atoms with Crippen LogP contribution >= 0.6 is 15.9 Å². The fourth-order valence-electron chi connectivity index (χ4n) is 1.89. The van der Waals surface area contributed by atoms with Gasteiger partial charge in [0.05, 0.1) is 6.61 Å². The van der Waals surface area contributed by atoms with E-state index in [0.717, 1.165) is 35.2 Å². The van der Waals surface area contributed by atoms with E-state index in [1.807, 2.05) is 42.5 Å². The predicted octanol–water partition coefficient (Wildman–Crippen LogP) is 5.52. The summed E-state index contributed by atoms with van der Waals surface area (Å²) in [4.78, 5) is 12.0. The van der Waals surface area contributed by atoms with Gasteiger partial charge >= 0.3 is 0 Å². The van der Waals surface area contributed by atoms with Gasteiger partial charge in [-0.1, -0.05) is 47.5 Å². The van der Waals surface area contributed by atoms with Crippen molar-refractivity contribution in [2.24, 2.45) is 0 Å². The molecule has 2 nitrogen and oxygen atoms in total. The zero-order valence-corrected chi connectivity index (χ0v) is 14.2. The van der Waals surface area contributed by atoms with Crippen LogP contribution in [0.15, 0.2) is 59.1 Å². The van der Waals surface area contributed by atoms with Gasteiger partial charge in [-0.2, -0.15) is 0 Å². The van der Waals surface area contributed by atoms with Gasteiger partial charge in [0.15, 0.2) is 5.78 Å². The van der Waals surface area contributed by atoms with Gasteiger partial charge in [0.25, 0.3) is 0 Å². The second kappa shape index (κ2) is 8.54. The van der Waals surface area contributed by atoms with Crippen molar-refractivity contribution < 1.29 is 9.53 Å². The van der Waals surface area contributed by atoms with Crippen LogP contribution < -0.4 is 4.74 Å². The second-order valence-corrected chi connectivity index (χ2v) is 5.89. The van der Waals surface area contributed by atoms with Gasteiger partial charge in [0.2, 0.25) is 0 Å². The molecule has 0 aliphatic carbocycles. The molecule has 2 aromatic rings. The Labute approximate surface area is 139 Å². The maximum absolute atomic E-state index is 12.0. The first-order valence-electron chi connectivity index (χ1n) is 7.40. The lowest BCUT2D eigenvalue weighted by molar-refractivity contribution is 0.104. The lowest BCUT2D eigenvalue weighted by atomic mass is 10.1. The monoisotopic (exact) mass is 358 g/mol. The van der Waals surface area contributed by atoms with E-state index >= 15 is 0 Å². The topological polar surface area (TPSA) is 26.3 Å². The van der Waals surface area contributed by atoms with Crippen molar-refractivity contribution in [2.75, 3.05) is 6.61 Å². The summed E-state index contributed by atoms with van der Waals surface area (Å²) < 4.78 is 6.58. The summed E-state index contributed by atoms with van der Waals surface area (Å²) in [7, 11) is 0. The van der Waals surface area contributed by atoms with Crippen molar-refractivity contribution in [3.05, 3.63) is 70.2 Å². The zero-order valence-electron chi connectivity index (χ0n) is 12.6. The van der Waals surface area contributed by atoms with Crippen molar-refractivity contribution in [1.29, 1.82) is 0 Å². The van der Waals surface area contributed by atoms with E-state index in [-0.39, 0.29) is 5.78 Å². The van der Waals surface area contributed by atoms with Crippen molar-refractivity contribution >= 4 is 27.8 Å². The van der Waals surface area contributed by atoms with Gasteiger partial charge < -0.3 is 4.74 Å². The number of ketones is 1. The van der Waals surface area contributed by atoms with Crippen molar-refractivity contribution in [2.45, 2.75) is 19.8 Å². The second-order valence-electron chi connectivity index (χ2n) is 4.98. The molecule has 0 fully saturated rings. The Kier molecular flexibility index (Phi) is 6.41. The number of rotatable bonds is 7. The molecule has 0 atom stereocenters. The SMILES string of the molecule is CCCCOc1ccc(/C=C/C(=O)c2ccc(Br)cc2)cc1. The third-order valence-corrected chi connectivity index (χ3v) is 3.73. The summed E-state index contributed by atoms with van der Waals surface area (Å²) >= 11 is 3.36. The fourth-order valence-corrected chi connectivity index (χ4v) is 2.16. The largest absolute Gasteiger partial charge is 0.494 e. The number of unbranched alkanes of at least 4 members (excludes halogenated alkanes) is 1. The van der Waals surface area contributed by atoms with E-state index in [1.165, 1.54) is 0 Å². The summed E-state index contributed by atoms with van der Waals surface area (Å²) in [6, 6.07) is 15.1. The van der Waals surface area contributed by atoms with Gasteiger partial charge in [0, 0.05) is 10.0 Å². The van der Waals surface area contributed by atoms with Gasteiger partial charge in [-0.25, -0.2) is 0 Å². The smallest absolute Gasteiger partial charge is 0.185 e. The molecule has 3 heteroatoms. The third-order valence-electron chi connectivity index (χ3n) is 3.20. The summed E-state index contributed by atoms with van der Waals surface area (Å²) in [5.74, 6) is 0.862. The molecule has 0 aromatic heterocycles. The molecule has 0 bridgehead atoms. The van der Waals surface area contributed by atoms with Gasteiger partial charge in [0.1, 0.15) is 5.75 Å². The number of ether oxygens (including phenoxy) is 1. The summed E-state index contributed by atoms with van der Waals surface area (Å²) in [5, 5.41) is 0. The van der Waals surface area contributed by atoms with E-state index in [2.05, 4.69) is 22.9 Å². The molecule has 0 saturated carbocycles. The molecule has 0 radical (unpaired) electrons. The highest BCUT2D eigenvalue weighted by Gasteiger charge is 2.01. The summed E-state index contributed by atoms with van der Waals surface area (Å²) in [5.41, 5.74) is 1.66. The highest BCUT2D eigenvalue weighted by molar-refractivity contribution is 9.10. The molecule has 0 spiro atoms. The number of benzene rings is 2. The minimum atomic E-state index is -0.00391. The van der Waals surface area contributed by atoms with Crippen LogP contribution in [-0.4, -0.2) is 12.4 Å². The van der Waals surface area contributed by atoms with Crippen molar-refractivity contribution in [3.8, 4) is 5.75 Å². The Morgan fingerprint density at radius 2 is 1.77 bits per heavy atom. The van der Waals surface area contributed by atoms with Crippen LogP contribution in [0.1, 0.15) is 35.7 Å². The number of carbonyl (C=O) groups excluding carboxylic acids is 1. The average molecular weight is 359 g/mol. The molecule has 22 heavy (non-hydrogen) atoms. The first-order valence-corrected chi connectivity index (χ1v) is 8.19. The maximum Gasteiger partial charge on any atom is 0.185 e. The quantitative estimate of drug-likeness (QED) is 0.369. The lowest BCUT2D eigenvalue weighted by Crippen LogP contribution is -1.96. The van der Waals surface area contributed by atoms with Gasteiger partial charge in [-0.15, -0.1) is 0 Å². The van der Waals surface area contributed by atoms with Crippen LogP contribution in [0.4, 0.5) is 0 Å². The number of allylic oxidation sites excluding steroid dienone is 1. The summed E-state index contributed by atoms with van der Waals surface area (Å²) in [6.45, 7) is 2.88. The van der Waals surface area contributed by atoms with Crippen molar-refractivity contribution in [3.63, 3.8) is 0 Å². The maximum atomic E-state index is 12.0. The zero-order chi connectivity index (χ0) is 15.8. The number of carbonyl (C=O) groups is 1. The number of hydrogen-bond donors (Lipinski definition) is 0. The molecule has 0 unspecified atom stereocenters. The van der Waals surface area contributed by atoms with E-state index < -0.39 is 0 Å². The van der Waals surface area contributed by atoms with Crippen LogP contribution in [0.25, 0.3) is 6.08 Å². The third kappa shape index (κ3) is 5.15. The number of hydrogen-bond acceptors (Lipinski definition) is 2. The van der Waals surface area contributed by atoms with Crippen LogP contribution in [0.2, 0.25) is 0 Å². The van der Waals surface area contributed by atoms with E-state index in [4.69, 9.17) is 4.74 Å². The Bertz CT molecular complexity index is 627. The van der Waals surface area contributed by atoms with E-state index in [9.17, 15) is 4.79 Å². The molecule has 0 N–H and O–H groups in total. The molecule has 0 saturated heterocycles. The van der Waals surface area contributed by atoms with E-state index in [0.29, 0.717) is 5.56 Å². The Hall–Kier alpha value is -1.87. The van der Waals surface area contributed by atoms with Gasteiger partial charge in [-0.3, -0.25) is 4.79 Å². The Morgan fingerprint density at radius 1 is 1.09 bits per heavy atom. The number of halogens is 1. The van der Waals surface area contributed by atoms with E-state index in [1.54, 1.807) is 18.2 Å². The average Bonchev–Trinajstić information content (AvgIpc) is 2.55. The highest BCUT2D eigenvalue weighted by atomic mass is 79.9. The first-order chi connectivity index (χ1) is 10.7. The summed E-state index contributed by atoms with van der Waals surface area (Å²) in [6.07, 6.45) is 5.60. The first kappa shape index (κ1) is 16.5. The molecule has 0 amide bonds. The molecular weight excluding hydrogens is 340 g/mol. The predicted molar refractivity (Wildman–Crippen MR) is 94.4 cm³/mol. The molecule has 2 aromatic carbocycles. The van der Waals surface area contributed by atoms with Crippen LogP contribution in [-0.2, 0) is 0 Å². The molecule has 0 heterocycles. The standard InChI is InChI=1S/C19H19BrO2/c1-2-3-14-22-18-11-4-15(5-12-18)6-13-19(21)16-7-9-17(20)10-8-16/h4-13H,2-3,14H2,1H3/b13-6+. The normalized spacial score (nSPS) is 10.8. The lowest BCUT2D eigenvalue weighted by Gasteiger charge is -2.05. The van der Waals surface area contributed by atoms with Crippen molar-refractivity contribution in [1.82, 2.24) is 0 Å². The molecule has 0 aliphatic heterocycles. The Balaban J connectivity index is 1.95. The van der Waals surface area contributed by atoms with Crippen LogP contribution in [0.3, 0.4) is 0 Å². The van der Waals surface area contributed by atoms with Crippen LogP contribution in [0.5, 0.6) is 5.75 Å². The Morgan fingerprint density at radius 3 is 2.41 bits per heavy atom. The highest BCUT2D eigenvalue weighted by Crippen LogP contribution is 2.15. The molecule has 0 aliphatic rings. The molecular formula is C19H19BrO2. The molecule has 2 rings (SSSR count). The minimum absolute atomic E-state index is 0.00391. The fraction of sp³-hybridized carbons (Fsp3) is 0.211. The van der Waals surface area contributed by atoms with Crippen LogP contribution in [0, 0.1) is 0 Å². The van der Waals surface area contributed by atoms with Gasteiger partial charge in [-0.05, 0) is 54.5 Å². The molecule has 114 valence electrons. The minimum Gasteiger partial charge on any atom is -0.494 e.